The van der Waals surface area contributed by atoms with Gasteiger partial charge in [0.2, 0.25) is 12.7 Å². The van der Waals surface area contributed by atoms with Crippen LogP contribution >= 0.6 is 11.6 Å². The number of hydrogen-bond donors (Lipinski definition) is 1. The van der Waals surface area contributed by atoms with E-state index in [4.69, 9.17) is 21.1 Å². The summed E-state index contributed by atoms with van der Waals surface area (Å²) in [5.41, 5.74) is 2.03. The predicted octanol–water partition coefficient (Wildman–Crippen LogP) is 4.95. The molecule has 6 heteroatoms. The number of halogens is 1. The van der Waals surface area contributed by atoms with E-state index in [2.05, 4.69) is 5.32 Å². The van der Waals surface area contributed by atoms with Crippen molar-refractivity contribution >= 4 is 35.1 Å². The summed E-state index contributed by atoms with van der Waals surface area (Å²) in [7, 11) is 0. The van der Waals surface area contributed by atoms with Gasteiger partial charge in [0, 0.05) is 22.2 Å². The maximum absolute atomic E-state index is 12.8. The van der Waals surface area contributed by atoms with Gasteiger partial charge in [-0.3, -0.25) is 9.59 Å². The lowest BCUT2D eigenvalue weighted by Gasteiger charge is -2.10. The molecule has 1 amide bonds. The Morgan fingerprint density at radius 3 is 2.55 bits per heavy atom. The van der Waals surface area contributed by atoms with Gasteiger partial charge in [-0.25, -0.2) is 0 Å². The quantitative estimate of drug-likeness (QED) is 0.481. The number of amides is 1. The zero-order valence-electron chi connectivity index (χ0n) is 15.2. The molecule has 0 unspecified atom stereocenters. The van der Waals surface area contributed by atoms with Crippen LogP contribution in [0.4, 0.5) is 5.69 Å². The Morgan fingerprint density at radius 2 is 1.72 bits per heavy atom. The summed E-state index contributed by atoms with van der Waals surface area (Å²) in [5.74, 6) is 0.730. The van der Waals surface area contributed by atoms with Crippen molar-refractivity contribution < 1.29 is 19.1 Å². The zero-order valence-corrected chi connectivity index (χ0v) is 16.0. The van der Waals surface area contributed by atoms with Gasteiger partial charge in [0.25, 0.3) is 0 Å². The Hall–Kier alpha value is -3.57. The van der Waals surface area contributed by atoms with Crippen molar-refractivity contribution in [1.82, 2.24) is 0 Å². The molecule has 0 atom stereocenters. The third-order valence-corrected chi connectivity index (χ3v) is 4.58. The van der Waals surface area contributed by atoms with Gasteiger partial charge in [-0.2, -0.15) is 0 Å². The highest BCUT2D eigenvalue weighted by Crippen LogP contribution is 2.32. The molecule has 29 heavy (non-hydrogen) atoms. The summed E-state index contributed by atoms with van der Waals surface area (Å²) in [6, 6.07) is 19.0. The monoisotopic (exact) mass is 405 g/mol. The smallest absolute Gasteiger partial charge is 0.248 e. The van der Waals surface area contributed by atoms with Gasteiger partial charge in [0.15, 0.2) is 17.3 Å². The first-order chi connectivity index (χ1) is 14.1. The summed E-state index contributed by atoms with van der Waals surface area (Å²) < 4.78 is 10.6. The Balaban J connectivity index is 1.53. The molecule has 1 aliphatic rings. The molecule has 0 spiro atoms. The number of fused-ring (bicyclic) bond motifs is 1. The molecule has 0 radical (unpaired) electrons. The van der Waals surface area contributed by atoms with Crippen LogP contribution < -0.4 is 14.8 Å². The van der Waals surface area contributed by atoms with Crippen molar-refractivity contribution in [3.05, 3.63) is 94.5 Å². The minimum Gasteiger partial charge on any atom is -0.454 e. The minimum atomic E-state index is -0.368. The van der Waals surface area contributed by atoms with E-state index in [-0.39, 0.29) is 18.5 Å². The summed E-state index contributed by atoms with van der Waals surface area (Å²) in [4.78, 5) is 25.3. The van der Waals surface area contributed by atoms with Crippen molar-refractivity contribution in [2.45, 2.75) is 0 Å². The van der Waals surface area contributed by atoms with E-state index < -0.39 is 0 Å². The second kappa shape index (κ2) is 8.20. The Labute approximate surface area is 172 Å². The maximum atomic E-state index is 12.8. The highest BCUT2D eigenvalue weighted by atomic mass is 35.5. The lowest BCUT2D eigenvalue weighted by molar-refractivity contribution is -0.111. The SMILES string of the molecule is O=C(/C=C/c1ccc2c(c1)OCO2)Nc1ccc(Cl)cc1C(=O)c1ccccc1. The first kappa shape index (κ1) is 18.8. The third-order valence-electron chi connectivity index (χ3n) is 4.34. The molecule has 5 nitrogen and oxygen atoms in total. The lowest BCUT2D eigenvalue weighted by Crippen LogP contribution is -2.12. The van der Waals surface area contributed by atoms with E-state index in [0.717, 1.165) is 5.56 Å². The fourth-order valence-corrected chi connectivity index (χ4v) is 3.09. The lowest BCUT2D eigenvalue weighted by atomic mass is 10.0. The first-order valence-electron chi connectivity index (χ1n) is 8.88. The molecule has 0 aromatic heterocycles. The van der Waals surface area contributed by atoms with Gasteiger partial charge in [-0.1, -0.05) is 48.0 Å². The fourth-order valence-electron chi connectivity index (χ4n) is 2.92. The van der Waals surface area contributed by atoms with Crippen LogP contribution in [0.1, 0.15) is 21.5 Å². The van der Waals surface area contributed by atoms with Crippen LogP contribution in [0.2, 0.25) is 5.02 Å². The van der Waals surface area contributed by atoms with Gasteiger partial charge in [-0.05, 0) is 42.0 Å². The second-order valence-corrected chi connectivity index (χ2v) is 6.76. The molecule has 3 aromatic carbocycles. The molecular weight excluding hydrogens is 390 g/mol. The molecule has 0 saturated heterocycles. The molecule has 4 rings (SSSR count). The van der Waals surface area contributed by atoms with Crippen LogP contribution in [0.25, 0.3) is 6.08 Å². The molecular formula is C23H16ClNO4. The summed E-state index contributed by atoms with van der Waals surface area (Å²) in [6.07, 6.45) is 3.05. The van der Waals surface area contributed by atoms with Crippen LogP contribution in [0.5, 0.6) is 11.5 Å². The maximum Gasteiger partial charge on any atom is 0.248 e. The van der Waals surface area contributed by atoms with Gasteiger partial charge in [0.05, 0.1) is 5.69 Å². The van der Waals surface area contributed by atoms with Crippen LogP contribution in [-0.2, 0) is 4.79 Å². The number of rotatable bonds is 5. The molecule has 0 bridgehead atoms. The number of nitrogens with one attached hydrogen (secondary N) is 1. The summed E-state index contributed by atoms with van der Waals surface area (Å²) >= 11 is 6.07. The highest BCUT2D eigenvalue weighted by Gasteiger charge is 2.16. The van der Waals surface area contributed by atoms with Gasteiger partial charge >= 0.3 is 0 Å². The zero-order chi connectivity index (χ0) is 20.2. The number of benzene rings is 3. The van der Waals surface area contributed by atoms with Crippen LogP contribution in [0, 0.1) is 0 Å². The predicted molar refractivity (Wildman–Crippen MR) is 112 cm³/mol. The number of ether oxygens (including phenoxy) is 2. The molecule has 1 heterocycles. The molecule has 1 aliphatic heterocycles. The Bertz CT molecular complexity index is 1110. The van der Waals surface area contributed by atoms with Crippen LogP contribution in [0.15, 0.2) is 72.8 Å². The number of carbonyl (C=O) groups is 2. The number of ketones is 1. The molecule has 3 aromatic rings. The van der Waals surface area contributed by atoms with Crippen molar-refractivity contribution in [2.24, 2.45) is 0 Å². The van der Waals surface area contributed by atoms with Crippen molar-refractivity contribution in [3.8, 4) is 11.5 Å². The van der Waals surface area contributed by atoms with Crippen molar-refractivity contribution in [2.75, 3.05) is 12.1 Å². The standard InChI is InChI=1S/C23H16ClNO4/c24-17-8-9-19(18(13-17)23(27)16-4-2-1-3-5-16)25-22(26)11-7-15-6-10-20-21(12-15)29-14-28-20/h1-13H,14H2,(H,25,26)/b11-7+. The average Bonchev–Trinajstić information content (AvgIpc) is 3.21. The van der Waals surface area contributed by atoms with Crippen LogP contribution in [0.3, 0.4) is 0 Å². The Kier molecular flexibility index (Phi) is 5.31. The van der Waals surface area contributed by atoms with E-state index in [1.165, 1.54) is 6.08 Å². The highest BCUT2D eigenvalue weighted by molar-refractivity contribution is 6.31. The minimum absolute atomic E-state index is 0.192. The Morgan fingerprint density at radius 1 is 0.931 bits per heavy atom. The van der Waals surface area contributed by atoms with E-state index in [0.29, 0.717) is 33.3 Å². The largest absolute Gasteiger partial charge is 0.454 e. The third kappa shape index (κ3) is 4.31. The molecule has 0 saturated carbocycles. The summed E-state index contributed by atoms with van der Waals surface area (Å²) in [6.45, 7) is 0.192. The molecule has 144 valence electrons. The van der Waals surface area contributed by atoms with Gasteiger partial charge in [-0.15, -0.1) is 0 Å². The topological polar surface area (TPSA) is 64.6 Å². The second-order valence-electron chi connectivity index (χ2n) is 6.32. The van der Waals surface area contributed by atoms with Gasteiger partial charge < -0.3 is 14.8 Å². The average molecular weight is 406 g/mol. The van der Waals surface area contributed by atoms with E-state index >= 15 is 0 Å². The number of hydrogen-bond acceptors (Lipinski definition) is 4. The normalized spacial score (nSPS) is 12.2. The molecule has 0 aliphatic carbocycles. The van der Waals surface area contributed by atoms with Crippen LogP contribution in [-0.4, -0.2) is 18.5 Å². The van der Waals surface area contributed by atoms with Crippen molar-refractivity contribution in [1.29, 1.82) is 0 Å². The van der Waals surface area contributed by atoms with Crippen molar-refractivity contribution in [3.63, 3.8) is 0 Å². The summed E-state index contributed by atoms with van der Waals surface area (Å²) in [5, 5.41) is 3.16. The number of carbonyl (C=O) groups excluding carboxylic acids is 2. The van der Waals surface area contributed by atoms with E-state index in [1.54, 1.807) is 60.7 Å². The molecule has 0 fully saturated rings. The van der Waals surface area contributed by atoms with Gasteiger partial charge in [0.1, 0.15) is 0 Å². The van der Waals surface area contributed by atoms with E-state index in [9.17, 15) is 9.59 Å². The fraction of sp³-hybridized carbons (Fsp3) is 0.0435. The van der Waals surface area contributed by atoms with E-state index in [1.807, 2.05) is 12.1 Å². The molecule has 1 N–H and O–H groups in total. The number of anilines is 1. The first-order valence-corrected chi connectivity index (χ1v) is 9.26.